The van der Waals surface area contributed by atoms with Crippen molar-refractivity contribution >= 4 is 16.7 Å². The van der Waals surface area contributed by atoms with Crippen LogP contribution in [0.2, 0.25) is 0 Å². The Hall–Kier alpha value is -2.14. The highest BCUT2D eigenvalue weighted by Crippen LogP contribution is 2.30. The topological polar surface area (TPSA) is 55.9 Å². The number of fused-ring (bicyclic) bond motifs is 1. The molecule has 21 heavy (non-hydrogen) atoms. The first-order chi connectivity index (χ1) is 10.1. The molecule has 0 saturated carbocycles. The summed E-state index contributed by atoms with van der Waals surface area (Å²) in [6.45, 7) is 5.31. The number of benzene rings is 1. The van der Waals surface area contributed by atoms with Crippen molar-refractivity contribution in [3.05, 3.63) is 47.6 Å². The van der Waals surface area contributed by atoms with Gasteiger partial charge in [-0.15, -0.1) is 0 Å². The Morgan fingerprint density at radius 2 is 2.29 bits per heavy atom. The van der Waals surface area contributed by atoms with Crippen molar-refractivity contribution in [1.82, 2.24) is 14.9 Å². The molecule has 3 N–H and O–H groups in total. The summed E-state index contributed by atoms with van der Waals surface area (Å²) in [5, 5.41) is 3.22. The number of allylic oxidation sites excluding steroid dienone is 2. The Balaban J connectivity index is 2.34. The third kappa shape index (κ3) is 2.23. The lowest BCUT2D eigenvalue weighted by atomic mass is 10.1. The maximum atomic E-state index is 14.5. The van der Waals surface area contributed by atoms with Crippen LogP contribution in [0.25, 0.3) is 16.7 Å². The van der Waals surface area contributed by atoms with Gasteiger partial charge in [0.1, 0.15) is 11.6 Å². The predicted molar refractivity (Wildman–Crippen MR) is 83.1 cm³/mol. The van der Waals surface area contributed by atoms with Crippen LogP contribution in [0, 0.1) is 5.82 Å². The SMILES string of the molecule is CCn1c([C@H](C)N)nc2ccc(F)c(C3=CC=CCN3)c21. The lowest BCUT2D eigenvalue weighted by Crippen LogP contribution is -2.17. The Labute approximate surface area is 123 Å². The minimum Gasteiger partial charge on any atom is -0.381 e. The van der Waals surface area contributed by atoms with Gasteiger partial charge in [-0.1, -0.05) is 12.2 Å². The third-order valence-corrected chi connectivity index (χ3v) is 3.69. The number of hydrogen-bond donors (Lipinski definition) is 2. The van der Waals surface area contributed by atoms with Crippen molar-refractivity contribution in [2.45, 2.75) is 26.4 Å². The van der Waals surface area contributed by atoms with E-state index in [9.17, 15) is 4.39 Å². The molecule has 0 radical (unpaired) electrons. The molecule has 1 aliphatic heterocycles. The zero-order valence-corrected chi connectivity index (χ0v) is 12.2. The highest BCUT2D eigenvalue weighted by molar-refractivity contribution is 5.90. The van der Waals surface area contributed by atoms with Gasteiger partial charge in [0.15, 0.2) is 0 Å². The fourth-order valence-corrected chi connectivity index (χ4v) is 2.77. The van der Waals surface area contributed by atoms with Crippen LogP contribution in [0.1, 0.15) is 31.3 Å². The van der Waals surface area contributed by atoms with Gasteiger partial charge < -0.3 is 15.6 Å². The number of nitrogens with two attached hydrogens (primary N) is 1. The van der Waals surface area contributed by atoms with Crippen molar-refractivity contribution in [1.29, 1.82) is 0 Å². The smallest absolute Gasteiger partial charge is 0.134 e. The fraction of sp³-hybridized carbons (Fsp3) is 0.312. The molecule has 0 amide bonds. The van der Waals surface area contributed by atoms with Gasteiger partial charge in [0.25, 0.3) is 0 Å². The van der Waals surface area contributed by atoms with E-state index in [0.717, 1.165) is 22.6 Å². The molecular formula is C16H19FN4. The van der Waals surface area contributed by atoms with E-state index in [1.165, 1.54) is 6.07 Å². The summed E-state index contributed by atoms with van der Waals surface area (Å²) < 4.78 is 16.5. The van der Waals surface area contributed by atoms with E-state index in [4.69, 9.17) is 5.73 Å². The lowest BCUT2D eigenvalue weighted by molar-refractivity contribution is 0.619. The zero-order valence-electron chi connectivity index (χ0n) is 12.2. The van der Waals surface area contributed by atoms with Gasteiger partial charge >= 0.3 is 0 Å². The molecule has 5 heteroatoms. The first-order valence-electron chi connectivity index (χ1n) is 7.18. The molecule has 0 bridgehead atoms. The van der Waals surface area contributed by atoms with Gasteiger partial charge in [-0.2, -0.15) is 0 Å². The predicted octanol–water partition coefficient (Wildman–Crippen LogP) is 2.72. The monoisotopic (exact) mass is 286 g/mol. The lowest BCUT2D eigenvalue weighted by Gasteiger charge is -2.16. The first-order valence-corrected chi connectivity index (χ1v) is 7.18. The average Bonchev–Trinajstić information content (AvgIpc) is 2.87. The molecule has 0 unspecified atom stereocenters. The van der Waals surface area contributed by atoms with Gasteiger partial charge in [-0.3, -0.25) is 0 Å². The second-order valence-electron chi connectivity index (χ2n) is 5.18. The van der Waals surface area contributed by atoms with E-state index < -0.39 is 0 Å². The van der Waals surface area contributed by atoms with Gasteiger partial charge in [0.2, 0.25) is 0 Å². The maximum Gasteiger partial charge on any atom is 0.134 e. The first kappa shape index (κ1) is 13.8. The number of nitrogens with one attached hydrogen (secondary N) is 1. The molecular weight excluding hydrogens is 267 g/mol. The van der Waals surface area contributed by atoms with Gasteiger partial charge in [-0.05, 0) is 32.1 Å². The summed E-state index contributed by atoms with van der Waals surface area (Å²) >= 11 is 0. The van der Waals surface area contributed by atoms with Crippen LogP contribution in [-0.2, 0) is 6.54 Å². The van der Waals surface area contributed by atoms with Crippen molar-refractivity contribution in [2.75, 3.05) is 6.54 Å². The second kappa shape index (κ2) is 5.33. The minimum absolute atomic E-state index is 0.193. The van der Waals surface area contributed by atoms with Crippen LogP contribution in [-0.4, -0.2) is 16.1 Å². The molecule has 3 rings (SSSR count). The van der Waals surface area contributed by atoms with E-state index in [1.54, 1.807) is 6.07 Å². The highest BCUT2D eigenvalue weighted by Gasteiger charge is 2.20. The van der Waals surface area contributed by atoms with Crippen LogP contribution in [0.5, 0.6) is 0 Å². The van der Waals surface area contributed by atoms with E-state index in [2.05, 4.69) is 10.3 Å². The average molecular weight is 286 g/mol. The number of imidazole rings is 1. The maximum absolute atomic E-state index is 14.5. The summed E-state index contributed by atoms with van der Waals surface area (Å²) in [7, 11) is 0. The molecule has 1 aromatic heterocycles. The molecule has 1 aliphatic rings. The van der Waals surface area contributed by atoms with Crippen molar-refractivity contribution in [2.24, 2.45) is 5.73 Å². The quantitative estimate of drug-likeness (QED) is 0.912. The summed E-state index contributed by atoms with van der Waals surface area (Å²) in [5.41, 5.74) is 8.93. The number of dihydropyridines is 1. The Kier molecular flexibility index (Phi) is 3.51. The molecule has 0 spiro atoms. The fourth-order valence-electron chi connectivity index (χ4n) is 2.77. The molecule has 4 nitrogen and oxygen atoms in total. The minimum atomic E-state index is -0.248. The number of halogens is 1. The third-order valence-electron chi connectivity index (χ3n) is 3.69. The molecule has 0 saturated heterocycles. The largest absolute Gasteiger partial charge is 0.381 e. The van der Waals surface area contributed by atoms with Crippen molar-refractivity contribution in [3.63, 3.8) is 0 Å². The normalized spacial score (nSPS) is 15.9. The molecule has 0 aliphatic carbocycles. The Bertz CT molecular complexity index is 740. The van der Waals surface area contributed by atoms with Crippen LogP contribution in [0.3, 0.4) is 0 Å². The van der Waals surface area contributed by atoms with Gasteiger partial charge in [0, 0.05) is 18.8 Å². The molecule has 1 aromatic carbocycles. The number of hydrogen-bond acceptors (Lipinski definition) is 3. The Morgan fingerprint density at radius 3 is 2.90 bits per heavy atom. The molecule has 2 aromatic rings. The van der Waals surface area contributed by atoms with E-state index in [1.807, 2.05) is 36.6 Å². The second-order valence-corrected chi connectivity index (χ2v) is 5.18. The van der Waals surface area contributed by atoms with E-state index in [0.29, 0.717) is 18.7 Å². The Morgan fingerprint density at radius 1 is 1.48 bits per heavy atom. The summed E-state index contributed by atoms with van der Waals surface area (Å²) in [6.07, 6.45) is 5.81. The number of aryl methyl sites for hydroxylation is 1. The van der Waals surface area contributed by atoms with Gasteiger partial charge in [0.05, 0.1) is 22.6 Å². The van der Waals surface area contributed by atoms with Crippen LogP contribution >= 0.6 is 0 Å². The highest BCUT2D eigenvalue weighted by atomic mass is 19.1. The number of rotatable bonds is 3. The van der Waals surface area contributed by atoms with Crippen LogP contribution < -0.4 is 11.1 Å². The molecule has 2 heterocycles. The van der Waals surface area contributed by atoms with E-state index >= 15 is 0 Å². The molecule has 110 valence electrons. The summed E-state index contributed by atoms with van der Waals surface area (Å²) in [6, 6.07) is 2.99. The van der Waals surface area contributed by atoms with E-state index in [-0.39, 0.29) is 11.9 Å². The van der Waals surface area contributed by atoms with Crippen LogP contribution in [0.15, 0.2) is 30.4 Å². The summed E-state index contributed by atoms with van der Waals surface area (Å²) in [5.74, 6) is 0.536. The van der Waals surface area contributed by atoms with Crippen molar-refractivity contribution < 1.29 is 4.39 Å². The number of aromatic nitrogens is 2. The van der Waals surface area contributed by atoms with Crippen LogP contribution in [0.4, 0.5) is 4.39 Å². The number of nitrogens with zero attached hydrogens (tertiary/aromatic N) is 2. The van der Waals surface area contributed by atoms with Crippen molar-refractivity contribution in [3.8, 4) is 0 Å². The summed E-state index contributed by atoms with van der Waals surface area (Å²) in [4.78, 5) is 4.58. The standard InChI is InChI=1S/C16H19FN4/c1-3-21-15-13(20-16(21)10(2)18)8-7-11(17)14(15)12-6-4-5-9-19-12/h4-8,10,19H,3,9,18H2,1-2H3/t10-/m0/s1. The van der Waals surface area contributed by atoms with Gasteiger partial charge in [-0.25, -0.2) is 9.37 Å². The molecule has 1 atom stereocenters. The zero-order chi connectivity index (χ0) is 15.0. The molecule has 0 fully saturated rings.